The van der Waals surface area contributed by atoms with Gasteiger partial charge < -0.3 is 10.1 Å². The SMILES string of the molecule is N=CC1CC(/C=C\c2ccccc2)[C@@H]2C(=O)OC(=O)[C@H]12. The van der Waals surface area contributed by atoms with Crippen molar-refractivity contribution >= 4 is 24.2 Å². The van der Waals surface area contributed by atoms with Gasteiger partial charge in [-0.05, 0) is 24.1 Å². The van der Waals surface area contributed by atoms with E-state index in [1.807, 2.05) is 42.5 Å². The number of ether oxygens (including phenoxy) is 1. The summed E-state index contributed by atoms with van der Waals surface area (Å²) in [5, 5.41) is 7.43. The highest BCUT2D eigenvalue weighted by Gasteiger charge is 2.55. The molecule has 1 aromatic rings. The highest BCUT2D eigenvalue weighted by molar-refractivity contribution is 5.99. The second-order valence-corrected chi connectivity index (χ2v) is 5.29. The van der Waals surface area contributed by atoms with Crippen LogP contribution in [0.3, 0.4) is 0 Å². The van der Waals surface area contributed by atoms with Crippen molar-refractivity contribution in [2.24, 2.45) is 23.7 Å². The summed E-state index contributed by atoms with van der Waals surface area (Å²) in [6, 6.07) is 9.81. The van der Waals surface area contributed by atoms with Crippen LogP contribution in [0.15, 0.2) is 36.4 Å². The highest BCUT2D eigenvalue weighted by atomic mass is 16.6. The van der Waals surface area contributed by atoms with Crippen molar-refractivity contribution in [1.82, 2.24) is 0 Å². The van der Waals surface area contributed by atoms with Crippen LogP contribution in [0.2, 0.25) is 0 Å². The van der Waals surface area contributed by atoms with Gasteiger partial charge in [-0.25, -0.2) is 0 Å². The average Bonchev–Trinajstić information content (AvgIpc) is 2.97. The molecule has 2 fully saturated rings. The van der Waals surface area contributed by atoms with E-state index in [2.05, 4.69) is 0 Å². The second-order valence-electron chi connectivity index (χ2n) is 5.29. The van der Waals surface area contributed by atoms with Gasteiger partial charge in [0.1, 0.15) is 0 Å². The van der Waals surface area contributed by atoms with E-state index in [1.54, 1.807) is 0 Å². The van der Waals surface area contributed by atoms with Crippen LogP contribution in [0.25, 0.3) is 6.08 Å². The second kappa shape index (κ2) is 5.04. The van der Waals surface area contributed by atoms with Gasteiger partial charge in [-0.1, -0.05) is 42.5 Å². The summed E-state index contributed by atoms with van der Waals surface area (Å²) in [5.74, 6) is -2.02. The number of cyclic esters (lactones) is 2. The Morgan fingerprint density at radius 2 is 1.70 bits per heavy atom. The van der Waals surface area contributed by atoms with E-state index in [1.165, 1.54) is 6.21 Å². The van der Waals surface area contributed by atoms with Crippen molar-refractivity contribution in [1.29, 1.82) is 5.41 Å². The molecule has 20 heavy (non-hydrogen) atoms. The molecule has 1 heterocycles. The van der Waals surface area contributed by atoms with Crippen LogP contribution in [-0.4, -0.2) is 18.2 Å². The number of benzene rings is 1. The van der Waals surface area contributed by atoms with Crippen LogP contribution < -0.4 is 0 Å². The molecule has 2 aliphatic rings. The molecule has 102 valence electrons. The lowest BCUT2D eigenvalue weighted by molar-refractivity contribution is -0.154. The summed E-state index contributed by atoms with van der Waals surface area (Å²) in [5.41, 5.74) is 1.06. The molecule has 0 aromatic heterocycles. The Balaban J connectivity index is 1.84. The minimum absolute atomic E-state index is 0.0363. The number of fused-ring (bicyclic) bond motifs is 1. The van der Waals surface area contributed by atoms with E-state index < -0.39 is 23.8 Å². The van der Waals surface area contributed by atoms with E-state index in [0.717, 1.165) is 5.56 Å². The lowest BCUT2D eigenvalue weighted by Crippen LogP contribution is -2.20. The Morgan fingerprint density at radius 3 is 2.35 bits per heavy atom. The summed E-state index contributed by atoms with van der Waals surface area (Å²) in [4.78, 5) is 23.5. The number of hydrogen-bond acceptors (Lipinski definition) is 4. The van der Waals surface area contributed by atoms with Crippen LogP contribution >= 0.6 is 0 Å². The standard InChI is InChI=1S/C16H15NO3/c17-9-12-8-11(7-6-10-4-2-1-3-5-10)13-14(12)16(19)20-15(13)18/h1-7,9,11-14,17H,8H2/b7-6-,17-9?/t11?,12?,13-,14+/m0/s1. The largest absolute Gasteiger partial charge is 0.393 e. The summed E-state index contributed by atoms with van der Waals surface area (Å²) in [6.07, 6.45) is 5.86. The quantitative estimate of drug-likeness (QED) is 0.520. The zero-order valence-corrected chi connectivity index (χ0v) is 10.9. The van der Waals surface area contributed by atoms with E-state index in [-0.39, 0.29) is 11.8 Å². The molecule has 1 aromatic carbocycles. The molecule has 4 nitrogen and oxygen atoms in total. The summed E-state index contributed by atoms with van der Waals surface area (Å²) >= 11 is 0. The predicted octanol–water partition coefficient (Wildman–Crippen LogP) is 2.30. The molecule has 1 saturated carbocycles. The summed E-state index contributed by atoms with van der Waals surface area (Å²) in [7, 11) is 0. The molecule has 4 atom stereocenters. The lowest BCUT2D eigenvalue weighted by atomic mass is 9.89. The number of hydrogen-bond donors (Lipinski definition) is 1. The molecule has 2 unspecified atom stereocenters. The van der Waals surface area contributed by atoms with Gasteiger partial charge in [0.2, 0.25) is 0 Å². The van der Waals surface area contributed by atoms with Gasteiger partial charge in [0.25, 0.3) is 0 Å². The van der Waals surface area contributed by atoms with Crippen molar-refractivity contribution in [3.8, 4) is 0 Å². The topological polar surface area (TPSA) is 67.2 Å². The number of allylic oxidation sites excluding steroid dienone is 1. The fourth-order valence-corrected chi connectivity index (χ4v) is 3.19. The molecule has 4 heteroatoms. The van der Waals surface area contributed by atoms with Crippen molar-refractivity contribution in [2.75, 3.05) is 0 Å². The third-order valence-corrected chi connectivity index (χ3v) is 4.15. The first-order valence-corrected chi connectivity index (χ1v) is 6.70. The van der Waals surface area contributed by atoms with Gasteiger partial charge in [-0.15, -0.1) is 0 Å². The van der Waals surface area contributed by atoms with E-state index in [4.69, 9.17) is 10.1 Å². The maximum absolute atomic E-state index is 11.8. The smallest absolute Gasteiger partial charge is 0.318 e. The third-order valence-electron chi connectivity index (χ3n) is 4.15. The normalized spacial score (nSPS) is 32.4. The number of carbonyl (C=O) groups excluding carboxylic acids is 2. The first-order chi connectivity index (χ1) is 9.70. The van der Waals surface area contributed by atoms with E-state index >= 15 is 0 Å². The average molecular weight is 269 g/mol. The molecular weight excluding hydrogens is 254 g/mol. The lowest BCUT2D eigenvalue weighted by Gasteiger charge is -2.08. The van der Waals surface area contributed by atoms with Gasteiger partial charge in [-0.3, -0.25) is 9.59 Å². The monoisotopic (exact) mass is 269 g/mol. The molecule has 1 aliphatic heterocycles. The molecule has 1 N–H and O–H groups in total. The Bertz CT molecular complexity index is 579. The van der Waals surface area contributed by atoms with Gasteiger partial charge in [0, 0.05) is 5.92 Å². The van der Waals surface area contributed by atoms with Gasteiger partial charge in [0.05, 0.1) is 11.8 Å². The molecule has 0 bridgehead atoms. The molecular formula is C16H15NO3. The first-order valence-electron chi connectivity index (χ1n) is 6.70. The van der Waals surface area contributed by atoms with E-state index in [0.29, 0.717) is 6.42 Å². The van der Waals surface area contributed by atoms with Crippen molar-refractivity contribution in [3.63, 3.8) is 0 Å². The van der Waals surface area contributed by atoms with Gasteiger partial charge in [0.15, 0.2) is 0 Å². The van der Waals surface area contributed by atoms with Crippen LogP contribution in [-0.2, 0) is 14.3 Å². The number of nitrogens with one attached hydrogen (secondary N) is 1. The van der Waals surface area contributed by atoms with Gasteiger partial charge in [-0.2, -0.15) is 0 Å². The maximum atomic E-state index is 11.8. The van der Waals surface area contributed by atoms with Gasteiger partial charge >= 0.3 is 11.9 Å². The van der Waals surface area contributed by atoms with Crippen molar-refractivity contribution in [3.05, 3.63) is 42.0 Å². The minimum Gasteiger partial charge on any atom is -0.393 e. The third kappa shape index (κ3) is 2.07. The summed E-state index contributed by atoms with van der Waals surface area (Å²) < 4.78 is 4.73. The highest BCUT2D eigenvalue weighted by Crippen LogP contribution is 2.46. The molecule has 0 spiro atoms. The fraction of sp³-hybridized carbons (Fsp3) is 0.312. The molecule has 1 aliphatic carbocycles. The zero-order chi connectivity index (χ0) is 14.1. The van der Waals surface area contributed by atoms with Crippen LogP contribution in [0.4, 0.5) is 0 Å². The fourth-order valence-electron chi connectivity index (χ4n) is 3.19. The predicted molar refractivity (Wildman–Crippen MR) is 73.9 cm³/mol. The van der Waals surface area contributed by atoms with Crippen LogP contribution in [0.1, 0.15) is 12.0 Å². The maximum Gasteiger partial charge on any atom is 0.318 e. The number of esters is 2. The number of carbonyl (C=O) groups is 2. The summed E-state index contributed by atoms with van der Waals surface area (Å²) in [6.45, 7) is 0. The Morgan fingerprint density at radius 1 is 1.05 bits per heavy atom. The van der Waals surface area contributed by atoms with Crippen molar-refractivity contribution in [2.45, 2.75) is 6.42 Å². The zero-order valence-electron chi connectivity index (χ0n) is 10.9. The Labute approximate surface area is 117 Å². The van der Waals surface area contributed by atoms with Crippen molar-refractivity contribution < 1.29 is 14.3 Å². The molecule has 3 rings (SSSR count). The Kier molecular flexibility index (Phi) is 3.22. The van der Waals surface area contributed by atoms with E-state index in [9.17, 15) is 9.59 Å². The number of rotatable bonds is 3. The molecule has 0 amide bonds. The first kappa shape index (κ1) is 12.8. The Hall–Kier alpha value is -2.23. The van der Waals surface area contributed by atoms with Crippen LogP contribution in [0, 0.1) is 29.1 Å². The molecule has 1 saturated heterocycles. The van der Waals surface area contributed by atoms with Crippen LogP contribution in [0.5, 0.6) is 0 Å². The minimum atomic E-state index is -0.468. The molecule has 0 radical (unpaired) electrons.